The highest BCUT2D eigenvalue weighted by molar-refractivity contribution is 7.21. The van der Waals surface area contributed by atoms with Crippen LogP contribution in [0.25, 0.3) is 38.4 Å². The molecule has 0 aliphatic heterocycles. The minimum Gasteiger partial charge on any atom is -0.297 e. The van der Waals surface area contributed by atoms with E-state index in [9.17, 15) is 9.18 Å². The van der Waals surface area contributed by atoms with Crippen molar-refractivity contribution in [2.24, 2.45) is 0 Å². The van der Waals surface area contributed by atoms with Gasteiger partial charge in [0.2, 0.25) is 0 Å². The Kier molecular flexibility index (Phi) is 5.85. The molecule has 0 saturated heterocycles. The number of nitrogens with zero attached hydrogens (tertiary/aromatic N) is 3. The third kappa shape index (κ3) is 4.09. The summed E-state index contributed by atoms with van der Waals surface area (Å²) < 4.78 is 15.3. The van der Waals surface area contributed by atoms with E-state index in [4.69, 9.17) is 16.7 Å². The molecule has 3 aromatic carbocycles. The zero-order valence-electron chi connectivity index (χ0n) is 18.5. The molecule has 6 aromatic rings. The van der Waals surface area contributed by atoms with Gasteiger partial charge in [-0.25, -0.2) is 14.1 Å². The number of thiophene rings is 1. The van der Waals surface area contributed by atoms with Crippen LogP contribution in [0.3, 0.4) is 0 Å². The molecule has 0 aliphatic rings. The van der Waals surface area contributed by atoms with Crippen molar-refractivity contribution in [3.05, 3.63) is 106 Å². The van der Waals surface area contributed by atoms with Crippen molar-refractivity contribution in [1.29, 1.82) is 0 Å². The van der Waals surface area contributed by atoms with Gasteiger partial charge >= 0.3 is 0 Å². The molecule has 1 N–H and O–H groups in total. The number of aromatic nitrogens is 3. The van der Waals surface area contributed by atoms with E-state index in [-0.39, 0.29) is 11.7 Å². The molecule has 9 heteroatoms. The summed E-state index contributed by atoms with van der Waals surface area (Å²) in [5.41, 5.74) is 3.87. The Labute approximate surface area is 218 Å². The number of benzene rings is 3. The summed E-state index contributed by atoms with van der Waals surface area (Å²) in [5.74, 6) is -0.688. The SMILES string of the molecule is O=C(Nc1nc(-c2ccccc2)cs1)c1sc2c(c(-c3ccc(F)cc3)nn2-c2ccccc2)c1Cl. The van der Waals surface area contributed by atoms with E-state index in [2.05, 4.69) is 10.3 Å². The van der Waals surface area contributed by atoms with Gasteiger partial charge in [-0.05, 0) is 36.4 Å². The highest BCUT2D eigenvalue weighted by Gasteiger charge is 2.26. The van der Waals surface area contributed by atoms with Gasteiger partial charge in [0.05, 0.1) is 21.8 Å². The van der Waals surface area contributed by atoms with Crippen LogP contribution in [-0.2, 0) is 0 Å². The standard InChI is InChI=1S/C27H16ClFN4OS2/c28-22-21-23(17-11-13-18(29)14-12-17)32-33(19-9-5-2-6-10-19)26(21)36-24(22)25(34)31-27-30-20(15-35-27)16-7-3-1-4-8-16/h1-15H,(H,30,31,34). The lowest BCUT2D eigenvalue weighted by atomic mass is 10.1. The molecule has 0 unspecified atom stereocenters. The fourth-order valence-corrected chi connectivity index (χ4v) is 6.09. The monoisotopic (exact) mass is 530 g/mol. The van der Waals surface area contributed by atoms with Crippen molar-refractivity contribution < 1.29 is 9.18 Å². The third-order valence-corrected chi connectivity index (χ3v) is 7.99. The molecule has 0 bridgehead atoms. The number of nitrogens with one attached hydrogen (secondary N) is 1. The van der Waals surface area contributed by atoms with Crippen molar-refractivity contribution in [3.8, 4) is 28.2 Å². The van der Waals surface area contributed by atoms with Crippen molar-refractivity contribution in [3.63, 3.8) is 0 Å². The lowest BCUT2D eigenvalue weighted by molar-refractivity contribution is 0.103. The fourth-order valence-electron chi connectivity index (χ4n) is 3.88. The minimum absolute atomic E-state index is 0.300. The Hall–Kier alpha value is -3.85. The Bertz CT molecular complexity index is 1690. The van der Waals surface area contributed by atoms with Gasteiger partial charge < -0.3 is 0 Å². The summed E-state index contributed by atoms with van der Waals surface area (Å²) in [6.07, 6.45) is 0. The molecule has 5 nitrogen and oxygen atoms in total. The van der Waals surface area contributed by atoms with Crippen molar-refractivity contribution in [1.82, 2.24) is 14.8 Å². The van der Waals surface area contributed by atoms with Crippen LogP contribution in [0, 0.1) is 5.82 Å². The molecule has 0 radical (unpaired) electrons. The summed E-state index contributed by atoms with van der Waals surface area (Å²) >= 11 is 9.41. The normalized spacial score (nSPS) is 11.2. The Balaban J connectivity index is 1.41. The van der Waals surface area contributed by atoms with Gasteiger partial charge in [-0.1, -0.05) is 60.1 Å². The van der Waals surface area contributed by atoms with Gasteiger partial charge in [0, 0.05) is 16.5 Å². The van der Waals surface area contributed by atoms with E-state index in [0.717, 1.165) is 21.8 Å². The van der Waals surface area contributed by atoms with E-state index in [1.807, 2.05) is 66.0 Å². The van der Waals surface area contributed by atoms with Crippen LogP contribution in [0.15, 0.2) is 90.3 Å². The number of amides is 1. The number of carbonyl (C=O) groups excluding carboxylic acids is 1. The first-order valence-corrected chi connectivity index (χ1v) is 13.0. The molecule has 36 heavy (non-hydrogen) atoms. The lowest BCUT2D eigenvalue weighted by Gasteiger charge is -2.03. The molecular weight excluding hydrogens is 515 g/mol. The molecule has 0 spiro atoms. The number of fused-ring (bicyclic) bond motifs is 1. The first kappa shape index (κ1) is 22.6. The van der Waals surface area contributed by atoms with E-state index < -0.39 is 0 Å². The van der Waals surface area contributed by atoms with Gasteiger partial charge in [-0.2, -0.15) is 5.10 Å². The summed E-state index contributed by atoms with van der Waals surface area (Å²) in [6.45, 7) is 0. The van der Waals surface area contributed by atoms with E-state index in [1.165, 1.54) is 34.8 Å². The maximum Gasteiger partial charge on any atom is 0.269 e. The zero-order valence-corrected chi connectivity index (χ0v) is 20.9. The molecule has 3 heterocycles. The number of anilines is 1. The largest absolute Gasteiger partial charge is 0.297 e. The first-order valence-electron chi connectivity index (χ1n) is 10.9. The number of para-hydroxylation sites is 1. The van der Waals surface area contributed by atoms with E-state index in [1.54, 1.807) is 16.8 Å². The summed E-state index contributed by atoms with van der Waals surface area (Å²) in [5, 5.41) is 11.0. The number of halogens is 2. The van der Waals surface area contributed by atoms with Crippen LogP contribution in [-0.4, -0.2) is 20.7 Å². The molecule has 176 valence electrons. The van der Waals surface area contributed by atoms with Crippen LogP contribution in [0.2, 0.25) is 5.02 Å². The number of thiazole rings is 1. The smallest absolute Gasteiger partial charge is 0.269 e. The highest BCUT2D eigenvalue weighted by atomic mass is 35.5. The number of rotatable bonds is 5. The van der Waals surface area contributed by atoms with Gasteiger partial charge in [-0.3, -0.25) is 10.1 Å². The number of carbonyl (C=O) groups is 1. The van der Waals surface area contributed by atoms with E-state index >= 15 is 0 Å². The van der Waals surface area contributed by atoms with Crippen LogP contribution in [0.1, 0.15) is 9.67 Å². The molecule has 0 atom stereocenters. The predicted molar refractivity (Wildman–Crippen MR) is 145 cm³/mol. The topological polar surface area (TPSA) is 59.8 Å². The van der Waals surface area contributed by atoms with E-state index in [0.29, 0.717) is 31.7 Å². The maximum atomic E-state index is 13.6. The number of hydrogen-bond donors (Lipinski definition) is 1. The summed E-state index contributed by atoms with van der Waals surface area (Å²) in [6, 6.07) is 25.4. The predicted octanol–water partition coefficient (Wildman–Crippen LogP) is 7.92. The molecule has 6 rings (SSSR count). The number of hydrogen-bond acceptors (Lipinski definition) is 5. The molecule has 3 aromatic heterocycles. The minimum atomic E-state index is -0.347. The lowest BCUT2D eigenvalue weighted by Crippen LogP contribution is -2.10. The Morgan fingerprint density at radius 1 is 0.917 bits per heavy atom. The van der Waals surface area contributed by atoms with Crippen LogP contribution < -0.4 is 5.32 Å². The first-order chi connectivity index (χ1) is 17.6. The molecule has 0 fully saturated rings. The van der Waals surface area contributed by atoms with Gasteiger partial charge in [-0.15, -0.1) is 22.7 Å². The second kappa shape index (κ2) is 9.31. The van der Waals surface area contributed by atoms with Gasteiger partial charge in [0.15, 0.2) is 5.13 Å². The summed E-state index contributed by atoms with van der Waals surface area (Å²) in [4.78, 5) is 18.9. The van der Waals surface area contributed by atoms with Gasteiger partial charge in [0.25, 0.3) is 5.91 Å². The highest BCUT2D eigenvalue weighted by Crippen LogP contribution is 2.42. The molecule has 0 saturated carbocycles. The van der Waals surface area contributed by atoms with Crippen molar-refractivity contribution in [2.75, 3.05) is 5.32 Å². The van der Waals surface area contributed by atoms with Gasteiger partial charge in [0.1, 0.15) is 21.2 Å². The summed E-state index contributed by atoms with van der Waals surface area (Å²) in [7, 11) is 0. The fraction of sp³-hybridized carbons (Fsp3) is 0. The maximum absolute atomic E-state index is 13.6. The Morgan fingerprint density at radius 3 is 2.33 bits per heavy atom. The van der Waals surface area contributed by atoms with Crippen molar-refractivity contribution in [2.45, 2.75) is 0 Å². The van der Waals surface area contributed by atoms with Crippen LogP contribution in [0.4, 0.5) is 9.52 Å². The molecule has 1 amide bonds. The second-order valence-corrected chi connectivity index (χ2v) is 10.1. The second-order valence-electron chi connectivity index (χ2n) is 7.89. The molecular formula is C27H16ClFN4OS2. The average molecular weight is 531 g/mol. The van der Waals surface area contributed by atoms with Crippen LogP contribution >= 0.6 is 34.3 Å². The van der Waals surface area contributed by atoms with Crippen molar-refractivity contribution >= 4 is 55.5 Å². The van der Waals surface area contributed by atoms with Crippen LogP contribution in [0.5, 0.6) is 0 Å². The average Bonchev–Trinajstić information content (AvgIpc) is 3.61. The Morgan fingerprint density at radius 2 is 1.61 bits per heavy atom. The molecule has 0 aliphatic carbocycles. The zero-order chi connectivity index (χ0) is 24.6. The third-order valence-electron chi connectivity index (χ3n) is 5.58. The quantitative estimate of drug-likeness (QED) is 0.246.